The molecule has 2 rings (SSSR count). The van der Waals surface area contributed by atoms with E-state index < -0.39 is 11.7 Å². The van der Waals surface area contributed by atoms with Gasteiger partial charge in [-0.1, -0.05) is 6.07 Å². The number of benzene rings is 1. The SMILES string of the molecule is CNC1COC(C)c2cc(C(F)(F)F)ccc21. The van der Waals surface area contributed by atoms with Crippen molar-refractivity contribution in [3.8, 4) is 0 Å². The molecule has 94 valence electrons. The Morgan fingerprint density at radius 3 is 2.59 bits per heavy atom. The van der Waals surface area contributed by atoms with Gasteiger partial charge in [0.05, 0.1) is 24.3 Å². The zero-order valence-corrected chi connectivity index (χ0v) is 9.64. The molecule has 2 atom stereocenters. The summed E-state index contributed by atoms with van der Waals surface area (Å²) in [5.74, 6) is 0. The van der Waals surface area contributed by atoms with Crippen LogP contribution >= 0.6 is 0 Å². The maximum atomic E-state index is 12.6. The summed E-state index contributed by atoms with van der Waals surface area (Å²) in [5, 5.41) is 3.03. The average Bonchev–Trinajstić information content (AvgIpc) is 2.28. The zero-order chi connectivity index (χ0) is 12.6. The molecule has 2 nitrogen and oxygen atoms in total. The second-order valence-electron chi connectivity index (χ2n) is 4.16. The van der Waals surface area contributed by atoms with Gasteiger partial charge in [0.25, 0.3) is 0 Å². The average molecular weight is 245 g/mol. The van der Waals surface area contributed by atoms with Gasteiger partial charge in [-0.15, -0.1) is 0 Å². The number of likely N-dealkylation sites (N-methyl/N-ethyl adjacent to an activating group) is 1. The number of halogens is 3. The fourth-order valence-corrected chi connectivity index (χ4v) is 2.08. The topological polar surface area (TPSA) is 21.3 Å². The van der Waals surface area contributed by atoms with Gasteiger partial charge in [0, 0.05) is 0 Å². The Labute approximate surface area is 97.8 Å². The Bertz CT molecular complexity index is 417. The maximum absolute atomic E-state index is 12.6. The molecule has 0 amide bonds. The number of fused-ring (bicyclic) bond motifs is 1. The first-order valence-corrected chi connectivity index (χ1v) is 5.43. The Kier molecular flexibility index (Phi) is 3.14. The molecule has 17 heavy (non-hydrogen) atoms. The molecule has 5 heteroatoms. The number of hydrogen-bond donors (Lipinski definition) is 1. The minimum atomic E-state index is -4.30. The van der Waals surface area contributed by atoms with Crippen LogP contribution in [0, 0.1) is 0 Å². The van der Waals surface area contributed by atoms with E-state index in [0.717, 1.165) is 11.6 Å². The third-order valence-corrected chi connectivity index (χ3v) is 3.09. The van der Waals surface area contributed by atoms with E-state index in [1.807, 2.05) is 0 Å². The summed E-state index contributed by atoms with van der Waals surface area (Å²) >= 11 is 0. The summed E-state index contributed by atoms with van der Waals surface area (Å²) in [6.07, 6.45) is -4.60. The van der Waals surface area contributed by atoms with Crippen LogP contribution in [0.1, 0.15) is 35.8 Å². The van der Waals surface area contributed by atoms with Crippen LogP contribution in [0.4, 0.5) is 13.2 Å². The smallest absolute Gasteiger partial charge is 0.372 e. The molecule has 0 saturated carbocycles. The first-order chi connectivity index (χ1) is 7.93. The number of alkyl halides is 3. The van der Waals surface area contributed by atoms with Crippen molar-refractivity contribution in [1.82, 2.24) is 5.32 Å². The van der Waals surface area contributed by atoms with Crippen molar-refractivity contribution in [2.24, 2.45) is 0 Å². The Morgan fingerprint density at radius 2 is 2.00 bits per heavy atom. The van der Waals surface area contributed by atoms with Crippen molar-refractivity contribution in [2.45, 2.75) is 25.2 Å². The number of hydrogen-bond acceptors (Lipinski definition) is 2. The van der Waals surface area contributed by atoms with E-state index in [4.69, 9.17) is 4.74 Å². The number of nitrogens with one attached hydrogen (secondary N) is 1. The lowest BCUT2D eigenvalue weighted by atomic mass is 9.93. The van der Waals surface area contributed by atoms with Crippen LogP contribution in [0.3, 0.4) is 0 Å². The highest BCUT2D eigenvalue weighted by Gasteiger charge is 2.33. The van der Waals surface area contributed by atoms with Crippen LogP contribution in [0.25, 0.3) is 0 Å². The van der Waals surface area contributed by atoms with Gasteiger partial charge in [-0.05, 0) is 37.2 Å². The van der Waals surface area contributed by atoms with Crippen molar-refractivity contribution in [3.05, 3.63) is 34.9 Å². The lowest BCUT2D eigenvalue weighted by Crippen LogP contribution is -2.28. The van der Waals surface area contributed by atoms with E-state index in [-0.39, 0.29) is 12.1 Å². The van der Waals surface area contributed by atoms with Crippen LogP contribution in [-0.4, -0.2) is 13.7 Å². The molecule has 0 spiro atoms. The molecule has 0 aliphatic carbocycles. The van der Waals surface area contributed by atoms with E-state index in [0.29, 0.717) is 12.2 Å². The van der Waals surface area contributed by atoms with Gasteiger partial charge in [0.2, 0.25) is 0 Å². The molecule has 0 radical (unpaired) electrons. The van der Waals surface area contributed by atoms with Gasteiger partial charge in [-0.3, -0.25) is 0 Å². The van der Waals surface area contributed by atoms with Gasteiger partial charge in [-0.25, -0.2) is 0 Å². The van der Waals surface area contributed by atoms with Gasteiger partial charge >= 0.3 is 6.18 Å². The van der Waals surface area contributed by atoms with Crippen molar-refractivity contribution in [1.29, 1.82) is 0 Å². The van der Waals surface area contributed by atoms with Gasteiger partial charge in [-0.2, -0.15) is 13.2 Å². The molecule has 2 unspecified atom stereocenters. The van der Waals surface area contributed by atoms with E-state index in [1.165, 1.54) is 6.07 Å². The van der Waals surface area contributed by atoms with Crippen molar-refractivity contribution in [2.75, 3.05) is 13.7 Å². The van der Waals surface area contributed by atoms with Crippen molar-refractivity contribution < 1.29 is 17.9 Å². The standard InChI is InChI=1S/C12H14F3NO/c1-7-10-5-8(12(13,14)15)3-4-9(10)11(16-2)6-17-7/h3-5,7,11,16H,6H2,1-2H3. The normalized spacial score (nSPS) is 24.5. The summed E-state index contributed by atoms with van der Waals surface area (Å²) in [5.41, 5.74) is 0.883. The zero-order valence-electron chi connectivity index (χ0n) is 9.64. The summed E-state index contributed by atoms with van der Waals surface area (Å²) in [4.78, 5) is 0. The number of ether oxygens (including phenoxy) is 1. The third-order valence-electron chi connectivity index (χ3n) is 3.09. The fourth-order valence-electron chi connectivity index (χ4n) is 2.08. The molecule has 1 aromatic rings. The highest BCUT2D eigenvalue weighted by molar-refractivity contribution is 5.38. The van der Waals surface area contributed by atoms with E-state index >= 15 is 0 Å². The second-order valence-corrected chi connectivity index (χ2v) is 4.16. The quantitative estimate of drug-likeness (QED) is 0.821. The minimum Gasteiger partial charge on any atom is -0.372 e. The molecule has 1 aromatic carbocycles. The summed E-state index contributed by atoms with van der Waals surface area (Å²) < 4.78 is 43.3. The van der Waals surface area contributed by atoms with Crippen LogP contribution in [-0.2, 0) is 10.9 Å². The van der Waals surface area contributed by atoms with Crippen LogP contribution in [0.5, 0.6) is 0 Å². The molecular weight excluding hydrogens is 231 g/mol. The predicted molar refractivity (Wildman–Crippen MR) is 57.6 cm³/mol. The third kappa shape index (κ3) is 2.30. The highest BCUT2D eigenvalue weighted by Crippen LogP contribution is 2.37. The molecule has 0 bridgehead atoms. The molecule has 1 aliphatic heterocycles. The monoisotopic (exact) mass is 245 g/mol. The molecule has 1 N–H and O–H groups in total. The first kappa shape index (κ1) is 12.4. The molecular formula is C12H14F3NO. The van der Waals surface area contributed by atoms with Crippen LogP contribution in [0.15, 0.2) is 18.2 Å². The summed E-state index contributed by atoms with van der Waals surface area (Å²) in [6.45, 7) is 2.25. The molecule has 1 heterocycles. The lowest BCUT2D eigenvalue weighted by molar-refractivity contribution is -0.137. The van der Waals surface area contributed by atoms with Crippen molar-refractivity contribution in [3.63, 3.8) is 0 Å². The number of rotatable bonds is 1. The highest BCUT2D eigenvalue weighted by atomic mass is 19.4. The van der Waals surface area contributed by atoms with Gasteiger partial charge in [0.1, 0.15) is 0 Å². The summed E-state index contributed by atoms with van der Waals surface area (Å²) in [6, 6.07) is 3.81. The van der Waals surface area contributed by atoms with Crippen LogP contribution < -0.4 is 5.32 Å². The maximum Gasteiger partial charge on any atom is 0.416 e. The minimum absolute atomic E-state index is 0.0384. The Hall–Kier alpha value is -1.07. The van der Waals surface area contributed by atoms with E-state index in [1.54, 1.807) is 20.0 Å². The van der Waals surface area contributed by atoms with E-state index in [9.17, 15) is 13.2 Å². The van der Waals surface area contributed by atoms with Gasteiger partial charge < -0.3 is 10.1 Å². The molecule has 0 saturated heterocycles. The second kappa shape index (κ2) is 4.31. The summed E-state index contributed by atoms with van der Waals surface area (Å²) in [7, 11) is 1.77. The van der Waals surface area contributed by atoms with Crippen molar-refractivity contribution >= 4 is 0 Å². The largest absolute Gasteiger partial charge is 0.416 e. The molecule has 0 fully saturated rings. The predicted octanol–water partition coefficient (Wildman–Crippen LogP) is 3.06. The molecule has 0 aromatic heterocycles. The van der Waals surface area contributed by atoms with Crippen LogP contribution in [0.2, 0.25) is 0 Å². The van der Waals surface area contributed by atoms with E-state index in [2.05, 4.69) is 5.32 Å². The molecule has 1 aliphatic rings. The van der Waals surface area contributed by atoms with Gasteiger partial charge in [0.15, 0.2) is 0 Å². The Balaban J connectivity index is 2.46. The Morgan fingerprint density at radius 1 is 1.29 bits per heavy atom. The first-order valence-electron chi connectivity index (χ1n) is 5.43. The fraction of sp³-hybridized carbons (Fsp3) is 0.500. The lowest BCUT2D eigenvalue weighted by Gasteiger charge is -2.30.